The van der Waals surface area contributed by atoms with Gasteiger partial charge in [0.1, 0.15) is 6.29 Å². The van der Waals surface area contributed by atoms with Crippen LogP contribution in [0.1, 0.15) is 31.2 Å². The zero-order chi connectivity index (χ0) is 11.9. The summed E-state index contributed by atoms with van der Waals surface area (Å²) in [7, 11) is 0. The van der Waals surface area contributed by atoms with Crippen LogP contribution >= 0.6 is 0 Å². The molecule has 2 nitrogen and oxygen atoms in total. The Bertz CT molecular complexity index is 336. The van der Waals surface area contributed by atoms with Crippen LogP contribution < -0.4 is 0 Å². The summed E-state index contributed by atoms with van der Waals surface area (Å²) in [6.45, 7) is 3.41. The first-order valence-electron chi connectivity index (χ1n) is 6.58. The number of nitrogens with zero attached hydrogens (tertiary/aromatic N) is 1. The lowest BCUT2D eigenvalue weighted by Crippen LogP contribution is -2.34. The molecule has 1 heterocycles. The van der Waals surface area contributed by atoms with Gasteiger partial charge in [0.15, 0.2) is 0 Å². The van der Waals surface area contributed by atoms with Crippen molar-refractivity contribution in [3.8, 4) is 0 Å². The number of piperidine rings is 1. The van der Waals surface area contributed by atoms with Crippen LogP contribution in [0.15, 0.2) is 30.3 Å². The molecule has 0 bridgehead atoms. The molecule has 0 amide bonds. The van der Waals surface area contributed by atoms with Crippen molar-refractivity contribution in [3.63, 3.8) is 0 Å². The second-order valence-corrected chi connectivity index (χ2v) is 4.97. The summed E-state index contributed by atoms with van der Waals surface area (Å²) in [4.78, 5) is 12.9. The standard InChI is InChI=1S/C15H21NO/c17-11-5-9-15-8-4-10-16(13-15)12-14-6-2-1-3-7-14/h1-3,6-7,11,15H,4-5,8-10,12-13H2/t15-/m0/s1. The fourth-order valence-electron chi connectivity index (χ4n) is 2.68. The van der Waals surface area contributed by atoms with Crippen molar-refractivity contribution in [2.45, 2.75) is 32.2 Å². The fourth-order valence-corrected chi connectivity index (χ4v) is 2.68. The van der Waals surface area contributed by atoms with E-state index in [9.17, 15) is 4.79 Å². The van der Waals surface area contributed by atoms with E-state index in [4.69, 9.17) is 0 Å². The van der Waals surface area contributed by atoms with Crippen LogP contribution in [0.2, 0.25) is 0 Å². The number of hydrogen-bond donors (Lipinski definition) is 0. The van der Waals surface area contributed by atoms with Gasteiger partial charge in [0.2, 0.25) is 0 Å². The summed E-state index contributed by atoms with van der Waals surface area (Å²) in [6.07, 6.45) is 5.41. The summed E-state index contributed by atoms with van der Waals surface area (Å²) < 4.78 is 0. The highest BCUT2D eigenvalue weighted by atomic mass is 16.1. The molecule has 2 heteroatoms. The Kier molecular flexibility index (Phi) is 4.75. The third-order valence-electron chi connectivity index (χ3n) is 3.54. The van der Waals surface area contributed by atoms with E-state index in [1.807, 2.05) is 0 Å². The molecule has 1 aliphatic rings. The predicted molar refractivity (Wildman–Crippen MR) is 69.7 cm³/mol. The number of aldehydes is 1. The molecule has 0 aromatic heterocycles. The zero-order valence-corrected chi connectivity index (χ0v) is 10.3. The molecule has 2 rings (SSSR count). The highest BCUT2D eigenvalue weighted by Gasteiger charge is 2.19. The Labute approximate surface area is 104 Å². The van der Waals surface area contributed by atoms with Gasteiger partial charge in [-0.1, -0.05) is 30.3 Å². The SMILES string of the molecule is O=CCC[C@@H]1CCCN(Cc2ccccc2)C1. The fraction of sp³-hybridized carbons (Fsp3) is 0.533. The lowest BCUT2D eigenvalue weighted by atomic mass is 9.93. The quantitative estimate of drug-likeness (QED) is 0.726. The van der Waals surface area contributed by atoms with Gasteiger partial charge in [-0.15, -0.1) is 0 Å². The zero-order valence-electron chi connectivity index (χ0n) is 10.3. The first kappa shape index (κ1) is 12.3. The molecule has 1 aromatic rings. The molecule has 0 N–H and O–H groups in total. The van der Waals surface area contributed by atoms with E-state index < -0.39 is 0 Å². The van der Waals surface area contributed by atoms with Crippen LogP contribution in [0.5, 0.6) is 0 Å². The summed E-state index contributed by atoms with van der Waals surface area (Å²) in [5, 5.41) is 0. The smallest absolute Gasteiger partial charge is 0.120 e. The van der Waals surface area contributed by atoms with Crippen molar-refractivity contribution in [2.24, 2.45) is 5.92 Å². The molecular formula is C15H21NO. The molecule has 17 heavy (non-hydrogen) atoms. The molecular weight excluding hydrogens is 210 g/mol. The maximum absolute atomic E-state index is 10.4. The Balaban J connectivity index is 1.83. The number of carbonyl (C=O) groups excluding carboxylic acids is 1. The van der Waals surface area contributed by atoms with Gasteiger partial charge in [-0.05, 0) is 37.3 Å². The van der Waals surface area contributed by atoms with Gasteiger partial charge in [0, 0.05) is 19.5 Å². The van der Waals surface area contributed by atoms with Crippen LogP contribution in [0.4, 0.5) is 0 Å². The molecule has 1 saturated heterocycles. The van der Waals surface area contributed by atoms with Crippen LogP contribution in [0.25, 0.3) is 0 Å². The maximum Gasteiger partial charge on any atom is 0.120 e. The van der Waals surface area contributed by atoms with Gasteiger partial charge in [0.05, 0.1) is 0 Å². The minimum atomic E-state index is 0.720. The molecule has 1 fully saturated rings. The second kappa shape index (κ2) is 6.55. The minimum Gasteiger partial charge on any atom is -0.303 e. The Morgan fingerprint density at radius 3 is 2.88 bits per heavy atom. The topological polar surface area (TPSA) is 20.3 Å². The van der Waals surface area contributed by atoms with Gasteiger partial charge in [-0.25, -0.2) is 0 Å². The average Bonchev–Trinajstić information content (AvgIpc) is 2.38. The van der Waals surface area contributed by atoms with Crippen LogP contribution in [-0.4, -0.2) is 24.3 Å². The van der Waals surface area contributed by atoms with Gasteiger partial charge in [-0.2, -0.15) is 0 Å². The van der Waals surface area contributed by atoms with E-state index in [1.165, 1.54) is 24.9 Å². The van der Waals surface area contributed by atoms with Gasteiger partial charge < -0.3 is 4.79 Å². The van der Waals surface area contributed by atoms with E-state index in [1.54, 1.807) is 0 Å². The summed E-state index contributed by atoms with van der Waals surface area (Å²) >= 11 is 0. The maximum atomic E-state index is 10.4. The minimum absolute atomic E-state index is 0.720. The Morgan fingerprint density at radius 1 is 1.29 bits per heavy atom. The number of carbonyl (C=O) groups is 1. The summed E-state index contributed by atoms with van der Waals surface area (Å²) in [6, 6.07) is 10.6. The van der Waals surface area contributed by atoms with Gasteiger partial charge >= 0.3 is 0 Å². The first-order valence-corrected chi connectivity index (χ1v) is 6.58. The largest absolute Gasteiger partial charge is 0.303 e. The van der Waals surface area contributed by atoms with Crippen molar-refractivity contribution in [2.75, 3.05) is 13.1 Å². The van der Waals surface area contributed by atoms with Crippen molar-refractivity contribution in [3.05, 3.63) is 35.9 Å². The highest BCUT2D eigenvalue weighted by Crippen LogP contribution is 2.21. The molecule has 0 radical (unpaired) electrons. The first-order chi connectivity index (χ1) is 8.38. The number of hydrogen-bond acceptors (Lipinski definition) is 2. The Morgan fingerprint density at radius 2 is 2.12 bits per heavy atom. The summed E-state index contributed by atoms with van der Waals surface area (Å²) in [5.41, 5.74) is 1.39. The van der Waals surface area contributed by atoms with Crippen LogP contribution in [0, 0.1) is 5.92 Å². The molecule has 0 saturated carbocycles. The number of likely N-dealkylation sites (tertiary alicyclic amines) is 1. The normalized spacial score (nSPS) is 21.3. The molecule has 1 aromatic carbocycles. The van der Waals surface area contributed by atoms with Crippen molar-refractivity contribution in [1.29, 1.82) is 0 Å². The molecule has 92 valence electrons. The van der Waals surface area contributed by atoms with E-state index in [0.29, 0.717) is 0 Å². The lowest BCUT2D eigenvalue weighted by molar-refractivity contribution is -0.108. The van der Waals surface area contributed by atoms with Gasteiger partial charge in [0.25, 0.3) is 0 Å². The van der Waals surface area contributed by atoms with Crippen LogP contribution in [0.3, 0.4) is 0 Å². The molecule has 0 aliphatic carbocycles. The highest BCUT2D eigenvalue weighted by molar-refractivity contribution is 5.49. The summed E-state index contributed by atoms with van der Waals surface area (Å²) in [5.74, 6) is 0.720. The van der Waals surface area contributed by atoms with E-state index in [2.05, 4.69) is 35.2 Å². The monoisotopic (exact) mass is 231 g/mol. The third kappa shape index (κ3) is 3.97. The van der Waals surface area contributed by atoms with E-state index in [-0.39, 0.29) is 0 Å². The Hall–Kier alpha value is -1.15. The van der Waals surface area contributed by atoms with Crippen molar-refractivity contribution in [1.82, 2.24) is 4.90 Å². The molecule has 0 spiro atoms. The van der Waals surface area contributed by atoms with Crippen LogP contribution in [-0.2, 0) is 11.3 Å². The van der Waals surface area contributed by atoms with Crippen molar-refractivity contribution >= 4 is 6.29 Å². The molecule has 1 atom stereocenters. The second-order valence-electron chi connectivity index (χ2n) is 4.97. The lowest BCUT2D eigenvalue weighted by Gasteiger charge is -2.32. The van der Waals surface area contributed by atoms with Gasteiger partial charge in [-0.3, -0.25) is 4.90 Å². The molecule has 1 aliphatic heterocycles. The average molecular weight is 231 g/mol. The van der Waals surface area contributed by atoms with Crippen molar-refractivity contribution < 1.29 is 4.79 Å². The molecule has 0 unspecified atom stereocenters. The third-order valence-corrected chi connectivity index (χ3v) is 3.54. The van der Waals surface area contributed by atoms with E-state index in [0.717, 1.165) is 38.1 Å². The number of benzene rings is 1. The van der Waals surface area contributed by atoms with E-state index >= 15 is 0 Å². The number of rotatable bonds is 5. The predicted octanol–water partition coefficient (Wildman–Crippen LogP) is 2.88.